The van der Waals surface area contributed by atoms with Gasteiger partial charge in [0.2, 0.25) is 21.8 Å². The lowest BCUT2D eigenvalue weighted by molar-refractivity contribution is -0.123. The summed E-state index contributed by atoms with van der Waals surface area (Å²) < 4.78 is 123. The van der Waals surface area contributed by atoms with E-state index in [0.29, 0.717) is 22.1 Å². The Morgan fingerprint density at radius 1 is 1.07 bits per heavy atom. The summed E-state index contributed by atoms with van der Waals surface area (Å²) in [6.07, 6.45) is -2.81. The van der Waals surface area contributed by atoms with E-state index < -0.39 is 99.4 Å². The number of carbonyl (C=O) groups excluding carboxylic acids is 1. The number of nitrogens with zero attached hydrogens (tertiary/aromatic N) is 7. The van der Waals surface area contributed by atoms with Crippen LogP contribution in [0.1, 0.15) is 58.7 Å². The van der Waals surface area contributed by atoms with Crippen LogP contribution in [0.4, 0.5) is 32.2 Å². The molecule has 61 heavy (non-hydrogen) atoms. The predicted molar refractivity (Wildman–Crippen MR) is 208 cm³/mol. The van der Waals surface area contributed by atoms with Gasteiger partial charge in [-0.1, -0.05) is 23.7 Å². The zero-order chi connectivity index (χ0) is 43.9. The van der Waals surface area contributed by atoms with Gasteiger partial charge >= 0.3 is 0 Å². The van der Waals surface area contributed by atoms with E-state index >= 15 is 8.78 Å². The maximum Gasteiger partial charge on any atom is 0.293 e. The van der Waals surface area contributed by atoms with E-state index in [2.05, 4.69) is 20.5 Å². The fraction of sp³-hybridized carbons (Fsp3) is 0.308. The second kappa shape index (κ2) is 15.1. The van der Waals surface area contributed by atoms with Crippen molar-refractivity contribution in [2.24, 2.45) is 13.0 Å². The minimum absolute atomic E-state index is 0.00369. The molecule has 3 aromatic heterocycles. The Morgan fingerprint density at radius 3 is 2.39 bits per heavy atom. The monoisotopic (exact) mass is 890 g/mol. The number of anilines is 1. The Labute approximate surface area is 347 Å². The quantitative estimate of drug-likeness (QED) is 0.129. The van der Waals surface area contributed by atoms with Crippen molar-refractivity contribution in [1.82, 2.24) is 34.4 Å². The Bertz CT molecular complexity index is 2900. The van der Waals surface area contributed by atoms with E-state index in [4.69, 9.17) is 16.3 Å². The third-order valence-corrected chi connectivity index (χ3v) is 12.1. The number of nitrogens with one attached hydrogen (secondary N) is 1. The van der Waals surface area contributed by atoms with Gasteiger partial charge in [-0.2, -0.15) is 24.0 Å². The second-order valence-corrected chi connectivity index (χ2v) is 17.1. The molecular formula is C39H33ClF6N8O6S. The van der Waals surface area contributed by atoms with Gasteiger partial charge in [-0.3, -0.25) is 23.5 Å². The number of sulfonamides is 1. The zero-order valence-electron chi connectivity index (χ0n) is 32.1. The number of aromatic nitrogens is 6. The molecule has 3 aromatic carbocycles. The number of alkyl halides is 4. The van der Waals surface area contributed by atoms with Crippen LogP contribution >= 0.6 is 11.6 Å². The first-order valence-electron chi connectivity index (χ1n) is 18.4. The minimum Gasteiger partial charge on any atom is -0.497 e. The van der Waals surface area contributed by atoms with Gasteiger partial charge in [0.15, 0.2) is 5.82 Å². The fourth-order valence-corrected chi connectivity index (χ4v) is 9.09. The van der Waals surface area contributed by atoms with Crippen molar-refractivity contribution in [2.45, 2.75) is 50.2 Å². The maximum absolute atomic E-state index is 15.4. The van der Waals surface area contributed by atoms with Gasteiger partial charge < -0.3 is 15.2 Å². The van der Waals surface area contributed by atoms with Crippen molar-refractivity contribution in [3.8, 4) is 17.3 Å². The first-order chi connectivity index (χ1) is 28.8. The molecule has 3 heterocycles. The number of carbonyl (C=O) groups is 1. The molecule has 3 atom stereocenters. The summed E-state index contributed by atoms with van der Waals surface area (Å²) in [6.45, 7) is -1.24. The van der Waals surface area contributed by atoms with E-state index in [1.165, 1.54) is 31.0 Å². The third kappa shape index (κ3) is 7.53. The summed E-state index contributed by atoms with van der Waals surface area (Å²) in [5.41, 5.74) is -2.54. The summed E-state index contributed by atoms with van der Waals surface area (Å²) in [6, 6.07) is 10.8. The molecule has 0 unspecified atom stereocenters. The van der Waals surface area contributed by atoms with Crippen molar-refractivity contribution in [3.63, 3.8) is 0 Å². The third-order valence-electron chi connectivity index (χ3n) is 10.7. The maximum atomic E-state index is 15.4. The zero-order valence-corrected chi connectivity index (χ0v) is 33.7. The molecule has 1 saturated carbocycles. The molecule has 8 rings (SSSR count). The number of benzene rings is 3. The van der Waals surface area contributed by atoms with Gasteiger partial charge in [0.25, 0.3) is 17.9 Å². The molecule has 22 heteroatoms. The van der Waals surface area contributed by atoms with Crippen LogP contribution in [0.5, 0.6) is 11.6 Å². The molecule has 0 saturated heterocycles. The average molecular weight is 891 g/mol. The molecule has 1 amide bonds. The number of methoxy groups -OCH3 is 1. The van der Waals surface area contributed by atoms with E-state index in [1.807, 2.05) is 0 Å². The van der Waals surface area contributed by atoms with Crippen molar-refractivity contribution in [2.75, 3.05) is 17.7 Å². The van der Waals surface area contributed by atoms with Crippen LogP contribution in [0, 0.1) is 17.6 Å². The number of rotatable bonds is 13. The van der Waals surface area contributed by atoms with Gasteiger partial charge in [-0.15, -0.1) is 0 Å². The normalized spacial score (nSPS) is 17.0. The van der Waals surface area contributed by atoms with Crippen molar-refractivity contribution in [1.29, 1.82) is 0 Å². The molecule has 0 bridgehead atoms. The molecule has 320 valence electrons. The van der Waals surface area contributed by atoms with Gasteiger partial charge in [0, 0.05) is 31.0 Å². The van der Waals surface area contributed by atoms with Gasteiger partial charge in [0.1, 0.15) is 41.1 Å². The molecule has 2 N–H and O–H groups in total. The number of hydrogen-bond donors (Lipinski definition) is 2. The van der Waals surface area contributed by atoms with Gasteiger partial charge in [0.05, 0.1) is 53.6 Å². The van der Waals surface area contributed by atoms with Crippen molar-refractivity contribution in [3.05, 3.63) is 122 Å². The van der Waals surface area contributed by atoms with E-state index in [-0.39, 0.29) is 51.5 Å². The molecule has 2 aliphatic carbocycles. The SMILES string of the molecule is COc1ccc(CN(c2nn(C)c3c(-n4c([C@H](Cc5cc(F)cc(F)c5)NC(=O)Cn5nc(C(F)F)c6c5C(F)(F)[C@@H]5C[C@H]65)nc(O)cc4=O)ccc(Cl)c23)S(C)(=O)=O)cc1. The van der Waals surface area contributed by atoms with Gasteiger partial charge in [-0.25, -0.2) is 30.3 Å². The molecule has 14 nitrogen and oxygen atoms in total. The molecule has 1 fully saturated rings. The van der Waals surface area contributed by atoms with Crippen LogP contribution in [0.2, 0.25) is 5.02 Å². The summed E-state index contributed by atoms with van der Waals surface area (Å²) in [5, 5.41) is 21.4. The highest BCUT2D eigenvalue weighted by atomic mass is 35.5. The highest BCUT2D eigenvalue weighted by Crippen LogP contribution is 2.68. The largest absolute Gasteiger partial charge is 0.497 e. The van der Waals surface area contributed by atoms with E-state index in [1.54, 1.807) is 24.3 Å². The van der Waals surface area contributed by atoms with Crippen LogP contribution in [-0.2, 0) is 47.3 Å². The molecule has 0 spiro atoms. The number of fused-ring (bicyclic) bond motifs is 4. The topological polar surface area (TPSA) is 166 Å². The summed E-state index contributed by atoms with van der Waals surface area (Å²) in [5.74, 6) is -9.70. The number of hydrogen-bond acceptors (Lipinski definition) is 9. The predicted octanol–water partition coefficient (Wildman–Crippen LogP) is 6.17. The smallest absolute Gasteiger partial charge is 0.293 e. The van der Waals surface area contributed by atoms with Crippen LogP contribution in [0.15, 0.2) is 65.5 Å². The average Bonchev–Trinajstić information content (AvgIpc) is 3.70. The number of aryl methyl sites for hydroxylation is 1. The first-order valence-corrected chi connectivity index (χ1v) is 20.6. The number of aromatic hydroxyl groups is 1. The Morgan fingerprint density at radius 2 is 1.75 bits per heavy atom. The molecule has 0 radical (unpaired) electrons. The van der Waals surface area contributed by atoms with Crippen molar-refractivity contribution < 1.29 is 49.4 Å². The van der Waals surface area contributed by atoms with Gasteiger partial charge in [-0.05, 0) is 59.9 Å². The molecule has 0 aliphatic heterocycles. The minimum atomic E-state index is -4.09. The van der Waals surface area contributed by atoms with E-state index in [0.717, 1.165) is 33.3 Å². The lowest BCUT2D eigenvalue weighted by Crippen LogP contribution is -2.38. The number of amides is 1. The van der Waals surface area contributed by atoms with Crippen LogP contribution in [0.25, 0.3) is 16.6 Å². The summed E-state index contributed by atoms with van der Waals surface area (Å²) in [7, 11) is -1.18. The Kier molecular flexibility index (Phi) is 10.3. The standard InChI is InChI=1S/C39H33ClF6N8O6S/c1-51-34-27(9-8-25(40)32(34)38(50-51)53(61(3,58)59)16-18-4-6-22(60-2)7-5-18)54-30(57)15-28(55)48-37(54)26(12-19-10-20(41)13-21(42)11-19)47-29(56)17-52-35-31(33(49-52)36(43)44)23-14-24(23)39(35,45)46/h4-11,13,15,23-24,26,36,55H,12,14,16-17H2,1-3H3,(H,47,56)/t23-,24+,26-/m0/s1. The number of halogens is 7. The van der Waals surface area contributed by atoms with Crippen LogP contribution in [0.3, 0.4) is 0 Å². The highest BCUT2D eigenvalue weighted by molar-refractivity contribution is 7.92. The molecule has 2 aliphatic rings. The first kappa shape index (κ1) is 41.6. The lowest BCUT2D eigenvalue weighted by Gasteiger charge is -2.24. The van der Waals surface area contributed by atoms with Crippen LogP contribution in [-0.4, -0.2) is 61.9 Å². The fourth-order valence-electron chi connectivity index (χ4n) is 8.03. The van der Waals surface area contributed by atoms with Crippen LogP contribution < -0.4 is 19.9 Å². The van der Waals surface area contributed by atoms with Crippen molar-refractivity contribution >= 4 is 44.3 Å². The Balaban J connectivity index is 1.25. The molecular weight excluding hydrogens is 858 g/mol. The Hall–Kier alpha value is -6.09. The second-order valence-electron chi connectivity index (χ2n) is 14.8. The highest BCUT2D eigenvalue weighted by Gasteiger charge is 2.67. The summed E-state index contributed by atoms with van der Waals surface area (Å²) >= 11 is 6.74. The molecule has 6 aromatic rings. The lowest BCUT2D eigenvalue weighted by atomic mass is 10.0. The summed E-state index contributed by atoms with van der Waals surface area (Å²) in [4.78, 5) is 32.0. The number of ether oxygens (including phenoxy) is 1. The van der Waals surface area contributed by atoms with E-state index in [9.17, 15) is 40.7 Å².